The molecule has 0 unspecified atom stereocenters. The molecular weight excluding hydrogens is 247 g/mol. The van der Waals surface area contributed by atoms with Crippen LogP contribution in [0.5, 0.6) is 0 Å². The highest BCUT2D eigenvalue weighted by Crippen LogP contribution is 2.17. The Labute approximate surface area is 93.6 Å². The van der Waals surface area contributed by atoms with E-state index in [9.17, 15) is 18.0 Å². The molecule has 88 valence electrons. The Kier molecular flexibility index (Phi) is 3.58. The van der Waals surface area contributed by atoms with Crippen LogP contribution in [0.15, 0.2) is 12.3 Å². The average molecular weight is 254 g/mol. The summed E-state index contributed by atoms with van der Waals surface area (Å²) in [6, 6.07) is 1.15. The number of nitrogens with two attached hydrogens (primary N) is 1. The predicted octanol–water partition coefficient (Wildman–Crippen LogP) is 1.61. The first-order chi connectivity index (χ1) is 7.29. The molecule has 8 heteroatoms. The Bertz CT molecular complexity index is 408. The minimum atomic E-state index is -4.48. The molecule has 16 heavy (non-hydrogen) atoms. The highest BCUT2D eigenvalue weighted by Gasteiger charge is 2.28. The van der Waals surface area contributed by atoms with Crippen LogP contribution in [0.25, 0.3) is 0 Å². The summed E-state index contributed by atoms with van der Waals surface area (Å²) < 4.78 is 35.5. The van der Waals surface area contributed by atoms with Crippen molar-refractivity contribution in [2.75, 3.05) is 12.3 Å². The number of rotatable bonds is 2. The number of amides is 1. The quantitative estimate of drug-likeness (QED) is 0.787. The second-order valence-corrected chi connectivity index (χ2v) is 3.26. The standard InChI is InChI=1S/C8H7ClF3N3O/c9-6-5(1-4(13)2-14-6)7(16)15-3-8(10,11)12/h1-2H,3,13H2,(H,15,16). The summed E-state index contributed by atoms with van der Waals surface area (Å²) in [6.45, 7) is -1.43. The molecule has 1 amide bonds. The molecule has 1 aromatic heterocycles. The largest absolute Gasteiger partial charge is 0.405 e. The lowest BCUT2D eigenvalue weighted by Crippen LogP contribution is -2.34. The van der Waals surface area contributed by atoms with Crippen molar-refractivity contribution in [2.45, 2.75) is 6.18 Å². The molecule has 0 aliphatic carbocycles. The predicted molar refractivity (Wildman–Crippen MR) is 52.0 cm³/mol. The lowest BCUT2D eigenvalue weighted by atomic mass is 10.2. The average Bonchev–Trinajstić information content (AvgIpc) is 2.17. The molecule has 4 nitrogen and oxygen atoms in total. The van der Waals surface area contributed by atoms with E-state index in [0.29, 0.717) is 0 Å². The van der Waals surface area contributed by atoms with Gasteiger partial charge < -0.3 is 11.1 Å². The topological polar surface area (TPSA) is 68.0 Å². The number of aromatic nitrogens is 1. The van der Waals surface area contributed by atoms with Gasteiger partial charge in [0.25, 0.3) is 5.91 Å². The number of halogens is 4. The zero-order chi connectivity index (χ0) is 12.3. The van der Waals surface area contributed by atoms with Crippen molar-refractivity contribution < 1.29 is 18.0 Å². The third-order valence-corrected chi connectivity index (χ3v) is 1.86. The molecule has 0 radical (unpaired) electrons. The first-order valence-corrected chi connectivity index (χ1v) is 4.43. The summed E-state index contributed by atoms with van der Waals surface area (Å²) in [5.41, 5.74) is 5.28. The van der Waals surface area contributed by atoms with Gasteiger partial charge in [0.05, 0.1) is 17.4 Å². The van der Waals surface area contributed by atoms with E-state index in [1.165, 1.54) is 6.20 Å². The van der Waals surface area contributed by atoms with Gasteiger partial charge in [-0.2, -0.15) is 13.2 Å². The maximum Gasteiger partial charge on any atom is 0.405 e. The van der Waals surface area contributed by atoms with E-state index in [4.69, 9.17) is 17.3 Å². The van der Waals surface area contributed by atoms with Crippen molar-refractivity contribution in [1.82, 2.24) is 10.3 Å². The fourth-order valence-electron chi connectivity index (χ4n) is 0.899. The summed E-state index contributed by atoms with van der Waals surface area (Å²) in [5.74, 6) is -0.970. The molecule has 1 rings (SSSR count). The van der Waals surface area contributed by atoms with E-state index >= 15 is 0 Å². The Balaban J connectivity index is 2.77. The van der Waals surface area contributed by atoms with Crippen molar-refractivity contribution in [1.29, 1.82) is 0 Å². The Hall–Kier alpha value is -1.50. The van der Waals surface area contributed by atoms with Gasteiger partial charge in [-0.1, -0.05) is 11.6 Å². The maximum atomic E-state index is 11.8. The molecule has 0 saturated heterocycles. The van der Waals surface area contributed by atoms with Gasteiger partial charge >= 0.3 is 6.18 Å². The molecule has 3 N–H and O–H groups in total. The van der Waals surface area contributed by atoms with Crippen LogP contribution in [0.1, 0.15) is 10.4 Å². The van der Waals surface area contributed by atoms with Crippen LogP contribution in [-0.2, 0) is 0 Å². The van der Waals surface area contributed by atoms with E-state index in [0.717, 1.165) is 6.07 Å². The summed E-state index contributed by atoms with van der Waals surface area (Å²) in [7, 11) is 0. The summed E-state index contributed by atoms with van der Waals surface area (Å²) in [4.78, 5) is 14.8. The third kappa shape index (κ3) is 3.58. The van der Waals surface area contributed by atoms with E-state index < -0.39 is 18.6 Å². The molecule has 0 bridgehead atoms. The molecule has 0 atom stereocenters. The number of nitrogens with zero attached hydrogens (tertiary/aromatic N) is 1. The number of carbonyl (C=O) groups is 1. The van der Waals surface area contributed by atoms with Crippen LogP contribution in [0.3, 0.4) is 0 Å². The van der Waals surface area contributed by atoms with Crippen molar-refractivity contribution >= 4 is 23.2 Å². The smallest absolute Gasteiger partial charge is 0.397 e. The minimum Gasteiger partial charge on any atom is -0.397 e. The zero-order valence-electron chi connectivity index (χ0n) is 7.81. The van der Waals surface area contributed by atoms with E-state index in [-0.39, 0.29) is 16.4 Å². The fourth-order valence-corrected chi connectivity index (χ4v) is 1.09. The summed E-state index contributed by atoms with van der Waals surface area (Å²) in [6.07, 6.45) is -3.28. The highest BCUT2D eigenvalue weighted by molar-refractivity contribution is 6.32. The number of alkyl halides is 3. The molecule has 1 aromatic rings. The minimum absolute atomic E-state index is 0.140. The Morgan fingerprint density at radius 1 is 1.56 bits per heavy atom. The summed E-state index contributed by atoms with van der Waals surface area (Å²) >= 11 is 5.53. The van der Waals surface area contributed by atoms with Crippen molar-refractivity contribution in [3.05, 3.63) is 23.0 Å². The number of hydrogen-bond acceptors (Lipinski definition) is 3. The highest BCUT2D eigenvalue weighted by atomic mass is 35.5. The summed E-state index contributed by atoms with van der Waals surface area (Å²) in [5, 5.41) is 1.46. The lowest BCUT2D eigenvalue weighted by molar-refractivity contribution is -0.123. The van der Waals surface area contributed by atoms with Gasteiger partial charge in [0.1, 0.15) is 11.7 Å². The van der Waals surface area contributed by atoms with E-state index in [2.05, 4.69) is 4.98 Å². The van der Waals surface area contributed by atoms with Crippen LogP contribution in [0.4, 0.5) is 18.9 Å². The zero-order valence-corrected chi connectivity index (χ0v) is 8.56. The van der Waals surface area contributed by atoms with Gasteiger partial charge in [-0.05, 0) is 6.07 Å². The molecule has 0 spiro atoms. The molecule has 0 aromatic carbocycles. The molecule has 0 aliphatic heterocycles. The van der Waals surface area contributed by atoms with Crippen LogP contribution in [0, 0.1) is 0 Å². The second-order valence-electron chi connectivity index (χ2n) is 2.90. The van der Waals surface area contributed by atoms with Crippen LogP contribution < -0.4 is 11.1 Å². The maximum absolute atomic E-state index is 11.8. The number of pyridine rings is 1. The normalized spacial score (nSPS) is 11.2. The Morgan fingerprint density at radius 2 is 2.19 bits per heavy atom. The van der Waals surface area contributed by atoms with Gasteiger partial charge in [-0.25, -0.2) is 4.98 Å². The third-order valence-electron chi connectivity index (χ3n) is 1.55. The van der Waals surface area contributed by atoms with Gasteiger partial charge in [0, 0.05) is 0 Å². The van der Waals surface area contributed by atoms with Crippen LogP contribution in [-0.4, -0.2) is 23.6 Å². The lowest BCUT2D eigenvalue weighted by Gasteiger charge is -2.09. The number of nitrogens with one attached hydrogen (secondary N) is 1. The van der Waals surface area contributed by atoms with Gasteiger partial charge in [0.2, 0.25) is 0 Å². The van der Waals surface area contributed by atoms with Crippen molar-refractivity contribution in [2.24, 2.45) is 0 Å². The van der Waals surface area contributed by atoms with Gasteiger partial charge in [-0.15, -0.1) is 0 Å². The first kappa shape index (κ1) is 12.6. The Morgan fingerprint density at radius 3 is 2.75 bits per heavy atom. The first-order valence-electron chi connectivity index (χ1n) is 4.05. The van der Waals surface area contributed by atoms with E-state index in [1.807, 2.05) is 0 Å². The van der Waals surface area contributed by atoms with Crippen molar-refractivity contribution in [3.8, 4) is 0 Å². The van der Waals surface area contributed by atoms with Crippen molar-refractivity contribution in [3.63, 3.8) is 0 Å². The molecule has 0 fully saturated rings. The number of carbonyl (C=O) groups excluding carboxylic acids is 1. The second kappa shape index (κ2) is 4.56. The van der Waals surface area contributed by atoms with Crippen LogP contribution >= 0.6 is 11.6 Å². The van der Waals surface area contributed by atoms with Crippen LogP contribution in [0.2, 0.25) is 5.15 Å². The monoisotopic (exact) mass is 253 g/mol. The fraction of sp³-hybridized carbons (Fsp3) is 0.250. The van der Waals surface area contributed by atoms with Gasteiger partial charge in [-0.3, -0.25) is 4.79 Å². The molecule has 0 saturated carbocycles. The number of anilines is 1. The van der Waals surface area contributed by atoms with Gasteiger partial charge in [0.15, 0.2) is 0 Å². The number of hydrogen-bond donors (Lipinski definition) is 2. The molecule has 0 aliphatic rings. The van der Waals surface area contributed by atoms with E-state index in [1.54, 1.807) is 5.32 Å². The SMILES string of the molecule is Nc1cnc(Cl)c(C(=O)NCC(F)(F)F)c1. The number of nitrogen functional groups attached to an aromatic ring is 1. The molecule has 1 heterocycles. The molecular formula is C8H7ClF3N3O.